The second kappa shape index (κ2) is 16.0. The Hall–Kier alpha value is -0.960. The highest BCUT2D eigenvalue weighted by atomic mass is 32.2. The summed E-state index contributed by atoms with van der Waals surface area (Å²) in [5, 5.41) is 11.3. The molecule has 0 saturated carbocycles. The van der Waals surface area contributed by atoms with Crippen molar-refractivity contribution in [3.63, 3.8) is 0 Å². The van der Waals surface area contributed by atoms with E-state index in [0.29, 0.717) is 0 Å². The van der Waals surface area contributed by atoms with Gasteiger partial charge in [-0.2, -0.15) is 0 Å². The van der Waals surface area contributed by atoms with E-state index in [1.165, 1.54) is 69.5 Å². The minimum Gasteiger partial charge on any atom is -0.549 e. The summed E-state index contributed by atoms with van der Waals surface area (Å²) in [6, 6.07) is 9.87. The highest BCUT2D eigenvalue weighted by Crippen LogP contribution is 2.33. The van der Waals surface area contributed by atoms with Gasteiger partial charge in [-0.15, -0.1) is 11.8 Å². The topological polar surface area (TPSA) is 40.1 Å². The molecule has 154 valence electrons. The van der Waals surface area contributed by atoms with Crippen molar-refractivity contribution in [2.24, 2.45) is 5.92 Å². The average molecular weight is 392 g/mol. The molecular weight excluding hydrogens is 352 g/mol. The second-order valence-corrected chi connectivity index (χ2v) is 8.90. The van der Waals surface area contributed by atoms with Gasteiger partial charge in [-0.3, -0.25) is 0 Å². The van der Waals surface area contributed by atoms with Crippen molar-refractivity contribution >= 4 is 17.7 Å². The van der Waals surface area contributed by atoms with E-state index in [2.05, 4.69) is 13.8 Å². The van der Waals surface area contributed by atoms with E-state index in [9.17, 15) is 9.90 Å². The number of carboxylic acid groups (broad SMARTS) is 1. The molecule has 1 aromatic rings. The Bertz CT molecular complexity index is 475. The molecule has 2 nitrogen and oxygen atoms in total. The van der Waals surface area contributed by atoms with Gasteiger partial charge >= 0.3 is 0 Å². The highest BCUT2D eigenvalue weighted by Gasteiger charge is 2.23. The summed E-state index contributed by atoms with van der Waals surface area (Å²) in [5.74, 6) is -0.700. The van der Waals surface area contributed by atoms with Gasteiger partial charge in [0.2, 0.25) is 0 Å². The third kappa shape index (κ3) is 11.5. The number of benzene rings is 1. The molecule has 0 radical (unpaired) electrons. The summed E-state index contributed by atoms with van der Waals surface area (Å²) in [6.07, 6.45) is 16.2. The SMILES string of the molecule is CCCCCCCCCCCCC(CCC)C(Sc1ccccc1)C(=O)[O-]. The smallest absolute Gasteiger partial charge is 0.0551 e. The number of rotatable bonds is 17. The zero-order valence-electron chi connectivity index (χ0n) is 17.5. The Kier molecular flexibility index (Phi) is 14.3. The van der Waals surface area contributed by atoms with Crippen molar-refractivity contribution < 1.29 is 9.90 Å². The van der Waals surface area contributed by atoms with Crippen molar-refractivity contribution in [1.29, 1.82) is 0 Å². The first kappa shape index (κ1) is 24.1. The quantitative estimate of drug-likeness (QED) is 0.221. The van der Waals surface area contributed by atoms with Crippen LogP contribution in [0, 0.1) is 5.92 Å². The Balaban J connectivity index is 2.31. The molecule has 0 amide bonds. The predicted octanol–water partition coefficient (Wildman–Crippen LogP) is 6.62. The Morgan fingerprint density at radius 3 is 1.89 bits per heavy atom. The number of unbranched alkanes of at least 4 members (excludes halogenated alkanes) is 9. The highest BCUT2D eigenvalue weighted by molar-refractivity contribution is 8.00. The van der Waals surface area contributed by atoms with Crippen LogP contribution in [0.25, 0.3) is 0 Å². The van der Waals surface area contributed by atoms with Crippen LogP contribution in [0.5, 0.6) is 0 Å². The molecule has 0 N–H and O–H groups in total. The standard InChI is InChI=1S/C24H40O2S/c1-3-5-6-7-8-9-10-11-12-14-18-21(17-4-2)23(24(25)26)27-22-19-15-13-16-20-22/h13,15-16,19-21,23H,3-12,14,17-18H2,1-2H3,(H,25,26)/p-1. The normalized spacial score (nSPS) is 13.4. The lowest BCUT2D eigenvalue weighted by Crippen LogP contribution is -2.38. The number of aliphatic carboxylic acids is 1. The molecule has 0 fully saturated rings. The summed E-state index contributed by atoms with van der Waals surface area (Å²) in [6.45, 7) is 4.40. The fourth-order valence-electron chi connectivity index (χ4n) is 3.69. The van der Waals surface area contributed by atoms with E-state index in [4.69, 9.17) is 0 Å². The zero-order chi connectivity index (χ0) is 19.7. The minimum atomic E-state index is -0.908. The molecule has 27 heavy (non-hydrogen) atoms. The summed E-state index contributed by atoms with van der Waals surface area (Å²) in [4.78, 5) is 12.8. The predicted molar refractivity (Wildman–Crippen MR) is 116 cm³/mol. The fourth-order valence-corrected chi connectivity index (χ4v) is 4.86. The number of carboxylic acids is 1. The van der Waals surface area contributed by atoms with E-state index in [0.717, 1.165) is 30.6 Å². The Morgan fingerprint density at radius 2 is 1.37 bits per heavy atom. The Morgan fingerprint density at radius 1 is 0.815 bits per heavy atom. The Labute approximate surface area is 171 Å². The molecule has 0 aliphatic heterocycles. The van der Waals surface area contributed by atoms with Crippen LogP contribution in [0.15, 0.2) is 35.2 Å². The molecule has 3 heteroatoms. The number of carbonyl (C=O) groups excluding carboxylic acids is 1. The van der Waals surface area contributed by atoms with Gasteiger partial charge in [0.15, 0.2) is 0 Å². The molecule has 1 rings (SSSR count). The first-order valence-electron chi connectivity index (χ1n) is 11.1. The third-order valence-electron chi connectivity index (χ3n) is 5.25. The van der Waals surface area contributed by atoms with Crippen LogP contribution in [0.2, 0.25) is 0 Å². The van der Waals surface area contributed by atoms with Crippen molar-refractivity contribution in [3.05, 3.63) is 30.3 Å². The number of hydrogen-bond donors (Lipinski definition) is 0. The van der Waals surface area contributed by atoms with Gasteiger partial charge in [0.25, 0.3) is 0 Å². The van der Waals surface area contributed by atoms with Crippen LogP contribution >= 0.6 is 11.8 Å². The summed E-state index contributed by atoms with van der Waals surface area (Å²) < 4.78 is 0. The van der Waals surface area contributed by atoms with E-state index in [-0.39, 0.29) is 5.92 Å². The lowest BCUT2D eigenvalue weighted by Gasteiger charge is -2.27. The van der Waals surface area contributed by atoms with Crippen molar-refractivity contribution in [2.75, 3.05) is 0 Å². The molecule has 1 aromatic carbocycles. The fraction of sp³-hybridized carbons (Fsp3) is 0.708. The first-order chi connectivity index (χ1) is 13.2. The zero-order valence-corrected chi connectivity index (χ0v) is 18.3. The third-order valence-corrected chi connectivity index (χ3v) is 6.63. The maximum atomic E-state index is 11.8. The van der Waals surface area contributed by atoms with Crippen LogP contribution in [-0.2, 0) is 4.79 Å². The second-order valence-electron chi connectivity index (χ2n) is 7.69. The van der Waals surface area contributed by atoms with Gasteiger partial charge < -0.3 is 9.90 Å². The molecular formula is C24H39O2S-. The largest absolute Gasteiger partial charge is 0.549 e. The molecule has 0 bridgehead atoms. The molecule has 0 aromatic heterocycles. The lowest BCUT2D eigenvalue weighted by atomic mass is 9.92. The number of thioether (sulfide) groups is 1. The summed E-state index contributed by atoms with van der Waals surface area (Å²) in [5.41, 5.74) is 0. The maximum absolute atomic E-state index is 11.8. The van der Waals surface area contributed by atoms with Gasteiger partial charge in [-0.05, 0) is 30.9 Å². The lowest BCUT2D eigenvalue weighted by molar-refractivity contribution is -0.305. The van der Waals surface area contributed by atoms with Gasteiger partial charge in [0.1, 0.15) is 0 Å². The van der Waals surface area contributed by atoms with Crippen LogP contribution in [0.1, 0.15) is 97.3 Å². The number of carbonyl (C=O) groups is 1. The van der Waals surface area contributed by atoms with Crippen molar-refractivity contribution in [2.45, 2.75) is 107 Å². The maximum Gasteiger partial charge on any atom is 0.0551 e. The van der Waals surface area contributed by atoms with Crippen LogP contribution in [0.3, 0.4) is 0 Å². The van der Waals surface area contributed by atoms with E-state index >= 15 is 0 Å². The molecule has 2 unspecified atom stereocenters. The van der Waals surface area contributed by atoms with Crippen molar-refractivity contribution in [1.82, 2.24) is 0 Å². The van der Waals surface area contributed by atoms with Crippen LogP contribution < -0.4 is 5.11 Å². The van der Waals surface area contributed by atoms with Crippen molar-refractivity contribution in [3.8, 4) is 0 Å². The molecule has 2 atom stereocenters. The summed E-state index contributed by atoms with van der Waals surface area (Å²) in [7, 11) is 0. The van der Waals surface area contributed by atoms with Gasteiger partial charge in [-0.1, -0.05) is 103 Å². The average Bonchev–Trinajstić information content (AvgIpc) is 2.67. The monoisotopic (exact) mass is 391 g/mol. The molecule has 0 aliphatic carbocycles. The molecule has 0 saturated heterocycles. The number of hydrogen-bond acceptors (Lipinski definition) is 3. The van der Waals surface area contributed by atoms with Gasteiger partial charge in [-0.25, -0.2) is 0 Å². The first-order valence-corrected chi connectivity index (χ1v) is 12.0. The van der Waals surface area contributed by atoms with Crippen LogP contribution in [-0.4, -0.2) is 11.2 Å². The molecule has 0 spiro atoms. The van der Waals surface area contributed by atoms with E-state index < -0.39 is 11.2 Å². The van der Waals surface area contributed by atoms with Gasteiger partial charge in [0.05, 0.1) is 11.2 Å². The molecule has 0 heterocycles. The van der Waals surface area contributed by atoms with E-state index in [1.54, 1.807) is 0 Å². The summed E-state index contributed by atoms with van der Waals surface area (Å²) >= 11 is 1.46. The molecule has 0 aliphatic rings. The van der Waals surface area contributed by atoms with E-state index in [1.807, 2.05) is 30.3 Å². The van der Waals surface area contributed by atoms with Gasteiger partial charge in [0, 0.05) is 4.90 Å². The minimum absolute atomic E-state index is 0.208. The van der Waals surface area contributed by atoms with Crippen LogP contribution in [0.4, 0.5) is 0 Å².